The lowest BCUT2D eigenvalue weighted by Gasteiger charge is -2.06. The van der Waals surface area contributed by atoms with Gasteiger partial charge in [-0.25, -0.2) is 0 Å². The number of benzene rings is 2. The van der Waals surface area contributed by atoms with Crippen LogP contribution < -0.4 is 10.6 Å². The van der Waals surface area contributed by atoms with E-state index < -0.39 is 0 Å². The molecule has 0 bridgehead atoms. The number of nitriles is 1. The quantitative estimate of drug-likeness (QED) is 0.407. The summed E-state index contributed by atoms with van der Waals surface area (Å²) in [4.78, 5) is 12.0. The van der Waals surface area contributed by atoms with Gasteiger partial charge in [0.15, 0.2) is 0 Å². The molecule has 0 spiro atoms. The highest BCUT2D eigenvalue weighted by Crippen LogP contribution is 2.15. The van der Waals surface area contributed by atoms with Gasteiger partial charge in [-0.1, -0.05) is 64.5 Å². The molecule has 0 aliphatic carbocycles. The minimum atomic E-state index is -0.355. The van der Waals surface area contributed by atoms with Crippen molar-refractivity contribution in [3.05, 3.63) is 82.0 Å². The molecule has 0 heterocycles. The van der Waals surface area contributed by atoms with Crippen LogP contribution in [0.4, 0.5) is 0 Å². The summed E-state index contributed by atoms with van der Waals surface area (Å²) in [6, 6.07) is 19.8. The number of amides is 1. The Balaban J connectivity index is 1.76. The van der Waals surface area contributed by atoms with Crippen LogP contribution in [0.3, 0.4) is 0 Å². The first-order chi connectivity index (χ1) is 12.2. The van der Waals surface area contributed by atoms with Crippen LogP contribution in [0.25, 0.3) is 0 Å². The van der Waals surface area contributed by atoms with Crippen LogP contribution in [-0.2, 0) is 17.6 Å². The maximum absolute atomic E-state index is 12.0. The summed E-state index contributed by atoms with van der Waals surface area (Å²) in [6.45, 7) is 1.14. The molecular formula is C20H20BrN3O. The van der Waals surface area contributed by atoms with Crippen molar-refractivity contribution in [2.45, 2.75) is 12.8 Å². The average Bonchev–Trinajstić information content (AvgIpc) is 2.64. The SMILES string of the molecule is N#C/C(=C/NCCc1ccccc1Br)C(=O)NCCc1ccccc1. The van der Waals surface area contributed by atoms with E-state index in [1.807, 2.05) is 60.7 Å². The standard InChI is InChI=1S/C20H20BrN3O/c21-19-9-5-4-8-17(19)11-12-23-15-18(14-22)20(25)24-13-10-16-6-2-1-3-7-16/h1-9,15,23H,10-13H2,(H,24,25)/b18-15-. The van der Waals surface area contributed by atoms with Gasteiger partial charge in [0.25, 0.3) is 5.91 Å². The molecule has 0 saturated heterocycles. The van der Waals surface area contributed by atoms with Crippen molar-refractivity contribution < 1.29 is 4.79 Å². The summed E-state index contributed by atoms with van der Waals surface area (Å²) in [7, 11) is 0. The van der Waals surface area contributed by atoms with Gasteiger partial charge in [-0.2, -0.15) is 5.26 Å². The van der Waals surface area contributed by atoms with E-state index >= 15 is 0 Å². The molecule has 2 aromatic carbocycles. The molecule has 25 heavy (non-hydrogen) atoms. The Bertz CT molecular complexity index is 766. The molecule has 5 heteroatoms. The second kappa shape index (κ2) is 10.3. The van der Waals surface area contributed by atoms with Gasteiger partial charge in [-0.05, 0) is 30.0 Å². The van der Waals surface area contributed by atoms with Gasteiger partial charge in [0.05, 0.1) is 0 Å². The highest BCUT2D eigenvalue weighted by atomic mass is 79.9. The number of hydrogen-bond acceptors (Lipinski definition) is 3. The van der Waals surface area contributed by atoms with Crippen molar-refractivity contribution in [2.24, 2.45) is 0 Å². The Labute approximate surface area is 156 Å². The second-order valence-electron chi connectivity index (χ2n) is 5.46. The predicted octanol–water partition coefficient (Wildman–Crippen LogP) is 3.35. The molecule has 4 nitrogen and oxygen atoms in total. The first-order valence-corrected chi connectivity index (χ1v) is 8.89. The number of carbonyl (C=O) groups is 1. The fourth-order valence-electron chi connectivity index (χ4n) is 2.29. The first kappa shape index (κ1) is 18.8. The lowest BCUT2D eigenvalue weighted by atomic mass is 10.1. The zero-order valence-electron chi connectivity index (χ0n) is 13.8. The van der Waals surface area contributed by atoms with Gasteiger partial charge in [-0.15, -0.1) is 0 Å². The molecule has 2 N–H and O–H groups in total. The van der Waals surface area contributed by atoms with E-state index in [1.54, 1.807) is 0 Å². The minimum absolute atomic E-state index is 0.0835. The fourth-order valence-corrected chi connectivity index (χ4v) is 2.77. The van der Waals surface area contributed by atoms with Crippen molar-refractivity contribution in [1.29, 1.82) is 5.26 Å². The Kier molecular flexibility index (Phi) is 7.74. The number of nitrogens with one attached hydrogen (secondary N) is 2. The first-order valence-electron chi connectivity index (χ1n) is 8.10. The normalized spacial score (nSPS) is 10.8. The lowest BCUT2D eigenvalue weighted by Crippen LogP contribution is -2.28. The average molecular weight is 398 g/mol. The molecule has 0 aromatic heterocycles. The van der Waals surface area contributed by atoms with Gasteiger partial charge in [0, 0.05) is 23.8 Å². The molecule has 0 saturated carbocycles. The largest absolute Gasteiger partial charge is 0.389 e. The Morgan fingerprint density at radius 3 is 2.48 bits per heavy atom. The molecule has 2 aromatic rings. The van der Waals surface area contributed by atoms with Crippen LogP contribution in [0.1, 0.15) is 11.1 Å². The van der Waals surface area contributed by atoms with Crippen molar-refractivity contribution in [3.63, 3.8) is 0 Å². The Hall–Kier alpha value is -2.58. The maximum atomic E-state index is 12.0. The third-order valence-electron chi connectivity index (χ3n) is 3.65. The third kappa shape index (κ3) is 6.44. The van der Waals surface area contributed by atoms with Crippen molar-refractivity contribution in [3.8, 4) is 6.07 Å². The molecule has 1 amide bonds. The van der Waals surface area contributed by atoms with Crippen LogP contribution in [0.5, 0.6) is 0 Å². The third-order valence-corrected chi connectivity index (χ3v) is 4.42. The van der Waals surface area contributed by atoms with Crippen LogP contribution in [0.15, 0.2) is 70.8 Å². The van der Waals surface area contributed by atoms with Crippen molar-refractivity contribution in [1.82, 2.24) is 10.6 Å². The summed E-state index contributed by atoms with van der Waals surface area (Å²) >= 11 is 3.50. The van der Waals surface area contributed by atoms with Crippen molar-refractivity contribution >= 4 is 21.8 Å². The van der Waals surface area contributed by atoms with Gasteiger partial charge in [0.1, 0.15) is 11.6 Å². The molecular weight excluding hydrogens is 378 g/mol. The number of hydrogen-bond donors (Lipinski definition) is 2. The lowest BCUT2D eigenvalue weighted by molar-refractivity contribution is -0.117. The summed E-state index contributed by atoms with van der Waals surface area (Å²) in [5.74, 6) is -0.355. The topological polar surface area (TPSA) is 64.9 Å². The molecule has 128 valence electrons. The Morgan fingerprint density at radius 1 is 1.04 bits per heavy atom. The predicted molar refractivity (Wildman–Crippen MR) is 103 cm³/mol. The monoisotopic (exact) mass is 397 g/mol. The number of carbonyl (C=O) groups excluding carboxylic acids is 1. The van der Waals surface area contributed by atoms with E-state index in [4.69, 9.17) is 5.26 Å². The van der Waals surface area contributed by atoms with E-state index in [-0.39, 0.29) is 11.5 Å². The van der Waals surface area contributed by atoms with E-state index in [0.717, 1.165) is 22.9 Å². The zero-order valence-corrected chi connectivity index (χ0v) is 15.4. The number of halogens is 1. The summed E-state index contributed by atoms with van der Waals surface area (Å²) in [5, 5.41) is 15.0. The maximum Gasteiger partial charge on any atom is 0.263 e. The second-order valence-corrected chi connectivity index (χ2v) is 6.31. The minimum Gasteiger partial charge on any atom is -0.389 e. The highest BCUT2D eigenvalue weighted by Gasteiger charge is 2.07. The van der Waals surface area contributed by atoms with E-state index in [1.165, 1.54) is 11.8 Å². The van der Waals surface area contributed by atoms with Gasteiger partial charge < -0.3 is 10.6 Å². The van der Waals surface area contributed by atoms with Crippen LogP contribution in [-0.4, -0.2) is 19.0 Å². The molecule has 2 rings (SSSR count). The van der Waals surface area contributed by atoms with Crippen molar-refractivity contribution in [2.75, 3.05) is 13.1 Å². The summed E-state index contributed by atoms with van der Waals surface area (Å²) in [5.41, 5.74) is 2.41. The van der Waals surface area contributed by atoms with Crippen LogP contribution in [0.2, 0.25) is 0 Å². The summed E-state index contributed by atoms with van der Waals surface area (Å²) < 4.78 is 1.06. The molecule has 0 radical (unpaired) electrons. The van der Waals surface area contributed by atoms with Crippen LogP contribution in [0, 0.1) is 11.3 Å². The molecule has 0 aliphatic rings. The number of rotatable bonds is 8. The zero-order chi connectivity index (χ0) is 17.9. The van der Waals surface area contributed by atoms with Gasteiger partial charge in [-0.3, -0.25) is 4.79 Å². The smallest absolute Gasteiger partial charge is 0.263 e. The number of nitrogens with zero attached hydrogens (tertiary/aromatic N) is 1. The van der Waals surface area contributed by atoms with E-state index in [0.29, 0.717) is 13.1 Å². The van der Waals surface area contributed by atoms with Crippen LogP contribution >= 0.6 is 15.9 Å². The molecule has 0 unspecified atom stereocenters. The molecule has 0 aliphatic heterocycles. The fraction of sp³-hybridized carbons (Fsp3) is 0.200. The van der Waals surface area contributed by atoms with E-state index in [9.17, 15) is 4.79 Å². The molecule has 0 fully saturated rings. The highest BCUT2D eigenvalue weighted by molar-refractivity contribution is 9.10. The Morgan fingerprint density at radius 2 is 1.76 bits per heavy atom. The summed E-state index contributed by atoms with van der Waals surface area (Å²) in [6.07, 6.45) is 3.02. The molecule has 0 atom stereocenters. The van der Waals surface area contributed by atoms with Gasteiger partial charge in [0.2, 0.25) is 0 Å². The van der Waals surface area contributed by atoms with E-state index in [2.05, 4.69) is 26.6 Å². The van der Waals surface area contributed by atoms with Gasteiger partial charge >= 0.3 is 0 Å².